The smallest absolute Gasteiger partial charge is 0.224 e. The van der Waals surface area contributed by atoms with Crippen molar-refractivity contribution in [1.29, 1.82) is 0 Å². The number of alkyl halides is 1. The fraction of sp³-hybridized carbons (Fsp3) is 0.500. The highest BCUT2D eigenvalue weighted by molar-refractivity contribution is 9.09. The fourth-order valence-corrected chi connectivity index (χ4v) is 2.09. The van der Waals surface area contributed by atoms with Gasteiger partial charge in [0.25, 0.3) is 0 Å². The summed E-state index contributed by atoms with van der Waals surface area (Å²) in [5, 5.41) is 4.00. The minimum Gasteiger partial charge on any atom is -0.356 e. The van der Waals surface area contributed by atoms with Gasteiger partial charge >= 0.3 is 0 Å². The number of halogens is 1. The molecule has 1 rings (SSSR count). The summed E-state index contributed by atoms with van der Waals surface area (Å²) >= 11 is 3.39. The number of unbranched alkanes of at least 4 members (excludes halogenated alkanes) is 2. The summed E-state index contributed by atoms with van der Waals surface area (Å²) in [7, 11) is 0. The zero-order valence-electron chi connectivity index (χ0n) is 10.3. The SMILES string of the molecule is Cc1cccc(CC(=O)NCCCCCBr)c1. The lowest BCUT2D eigenvalue weighted by molar-refractivity contribution is -0.120. The third-order valence-electron chi connectivity index (χ3n) is 2.58. The first-order valence-corrected chi connectivity index (χ1v) is 7.22. The van der Waals surface area contributed by atoms with Gasteiger partial charge in [0.2, 0.25) is 5.91 Å². The van der Waals surface area contributed by atoms with Crippen LogP contribution in [0, 0.1) is 6.92 Å². The molecule has 1 aromatic carbocycles. The van der Waals surface area contributed by atoms with E-state index in [0.717, 1.165) is 30.3 Å². The van der Waals surface area contributed by atoms with Crippen LogP contribution in [0.4, 0.5) is 0 Å². The van der Waals surface area contributed by atoms with Gasteiger partial charge in [-0.2, -0.15) is 0 Å². The van der Waals surface area contributed by atoms with E-state index >= 15 is 0 Å². The van der Waals surface area contributed by atoms with E-state index in [0.29, 0.717) is 6.42 Å². The molecule has 3 heteroatoms. The van der Waals surface area contributed by atoms with Gasteiger partial charge in [-0.3, -0.25) is 4.79 Å². The standard InChI is InChI=1S/C14H20BrNO/c1-12-6-5-7-13(10-12)11-14(17)16-9-4-2-3-8-15/h5-7,10H,2-4,8-9,11H2,1H3,(H,16,17). The summed E-state index contributed by atoms with van der Waals surface area (Å²) in [5.74, 6) is 0.120. The van der Waals surface area contributed by atoms with Crippen molar-refractivity contribution < 1.29 is 4.79 Å². The molecule has 2 nitrogen and oxygen atoms in total. The Morgan fingerprint density at radius 2 is 2.12 bits per heavy atom. The van der Waals surface area contributed by atoms with Gasteiger partial charge in [-0.15, -0.1) is 0 Å². The first-order valence-electron chi connectivity index (χ1n) is 6.10. The molecule has 0 aliphatic rings. The van der Waals surface area contributed by atoms with Crippen LogP contribution in [0.3, 0.4) is 0 Å². The van der Waals surface area contributed by atoms with Gasteiger partial charge in [0, 0.05) is 11.9 Å². The number of hydrogen-bond donors (Lipinski definition) is 1. The molecule has 1 N–H and O–H groups in total. The number of benzene rings is 1. The summed E-state index contributed by atoms with van der Waals surface area (Å²) in [5.41, 5.74) is 2.29. The first kappa shape index (κ1) is 14.2. The Morgan fingerprint density at radius 1 is 1.29 bits per heavy atom. The average Bonchev–Trinajstić information content (AvgIpc) is 2.29. The summed E-state index contributed by atoms with van der Waals surface area (Å²) in [6.45, 7) is 2.83. The topological polar surface area (TPSA) is 29.1 Å². The molecule has 0 unspecified atom stereocenters. The molecule has 0 aliphatic heterocycles. The van der Waals surface area contributed by atoms with Gasteiger partial charge < -0.3 is 5.32 Å². The maximum atomic E-state index is 11.6. The minimum absolute atomic E-state index is 0.120. The molecular weight excluding hydrogens is 278 g/mol. The van der Waals surface area contributed by atoms with Crippen LogP contribution in [0.1, 0.15) is 30.4 Å². The number of amides is 1. The summed E-state index contributed by atoms with van der Waals surface area (Å²) in [6, 6.07) is 8.09. The second-order valence-electron chi connectivity index (χ2n) is 4.27. The zero-order chi connectivity index (χ0) is 12.5. The van der Waals surface area contributed by atoms with Crippen molar-refractivity contribution in [3.63, 3.8) is 0 Å². The van der Waals surface area contributed by atoms with Crippen LogP contribution in [0.5, 0.6) is 0 Å². The van der Waals surface area contributed by atoms with Gasteiger partial charge in [-0.1, -0.05) is 52.2 Å². The average molecular weight is 298 g/mol. The van der Waals surface area contributed by atoms with E-state index in [2.05, 4.69) is 27.3 Å². The van der Waals surface area contributed by atoms with E-state index in [1.807, 2.05) is 25.1 Å². The van der Waals surface area contributed by atoms with Crippen molar-refractivity contribution in [2.45, 2.75) is 32.6 Å². The highest BCUT2D eigenvalue weighted by atomic mass is 79.9. The van der Waals surface area contributed by atoms with Crippen molar-refractivity contribution in [3.05, 3.63) is 35.4 Å². The highest BCUT2D eigenvalue weighted by Gasteiger charge is 2.02. The van der Waals surface area contributed by atoms with Crippen molar-refractivity contribution >= 4 is 21.8 Å². The van der Waals surface area contributed by atoms with Gasteiger partial charge in [0.05, 0.1) is 6.42 Å². The molecule has 94 valence electrons. The number of aryl methyl sites for hydroxylation is 1. The zero-order valence-corrected chi connectivity index (χ0v) is 11.9. The van der Waals surface area contributed by atoms with E-state index in [1.165, 1.54) is 12.0 Å². The second kappa shape index (κ2) is 8.29. The van der Waals surface area contributed by atoms with Crippen molar-refractivity contribution in [2.75, 3.05) is 11.9 Å². The summed E-state index contributed by atoms with van der Waals surface area (Å²) in [6.07, 6.45) is 3.88. The van der Waals surface area contributed by atoms with E-state index in [1.54, 1.807) is 0 Å². The molecular formula is C14H20BrNO. The molecule has 17 heavy (non-hydrogen) atoms. The molecule has 0 spiro atoms. The van der Waals surface area contributed by atoms with E-state index in [-0.39, 0.29) is 5.91 Å². The van der Waals surface area contributed by atoms with Gasteiger partial charge in [-0.05, 0) is 25.3 Å². The Balaban J connectivity index is 2.21. The quantitative estimate of drug-likeness (QED) is 0.608. The van der Waals surface area contributed by atoms with Crippen LogP contribution in [-0.4, -0.2) is 17.8 Å². The van der Waals surface area contributed by atoms with Crippen molar-refractivity contribution in [1.82, 2.24) is 5.32 Å². The van der Waals surface area contributed by atoms with Gasteiger partial charge in [-0.25, -0.2) is 0 Å². The predicted molar refractivity (Wildman–Crippen MR) is 75.5 cm³/mol. The van der Waals surface area contributed by atoms with E-state index in [9.17, 15) is 4.79 Å². The number of carbonyl (C=O) groups is 1. The highest BCUT2D eigenvalue weighted by Crippen LogP contribution is 2.04. The maximum absolute atomic E-state index is 11.6. The molecule has 1 amide bonds. The Morgan fingerprint density at radius 3 is 2.82 bits per heavy atom. The minimum atomic E-state index is 0.120. The predicted octanol–water partition coefficient (Wildman–Crippen LogP) is 3.22. The fourth-order valence-electron chi connectivity index (χ4n) is 1.69. The Hall–Kier alpha value is -0.830. The Kier molecular flexibility index (Phi) is 6.94. The molecule has 0 bridgehead atoms. The van der Waals surface area contributed by atoms with Crippen LogP contribution >= 0.6 is 15.9 Å². The lowest BCUT2D eigenvalue weighted by Crippen LogP contribution is -2.26. The molecule has 0 aromatic heterocycles. The van der Waals surface area contributed by atoms with Crippen LogP contribution in [-0.2, 0) is 11.2 Å². The monoisotopic (exact) mass is 297 g/mol. The van der Waals surface area contributed by atoms with Crippen molar-refractivity contribution in [3.8, 4) is 0 Å². The third kappa shape index (κ3) is 6.47. The lowest BCUT2D eigenvalue weighted by atomic mass is 10.1. The molecule has 0 fully saturated rings. The third-order valence-corrected chi connectivity index (χ3v) is 3.14. The maximum Gasteiger partial charge on any atom is 0.224 e. The Bertz CT molecular complexity index is 352. The molecule has 0 radical (unpaired) electrons. The molecule has 0 atom stereocenters. The van der Waals surface area contributed by atoms with Gasteiger partial charge in [0.15, 0.2) is 0 Å². The van der Waals surface area contributed by atoms with Crippen LogP contribution in [0.25, 0.3) is 0 Å². The normalized spacial score (nSPS) is 10.2. The van der Waals surface area contributed by atoms with E-state index < -0.39 is 0 Å². The lowest BCUT2D eigenvalue weighted by Gasteiger charge is -2.05. The Labute approximate surface area is 112 Å². The largest absolute Gasteiger partial charge is 0.356 e. The number of carbonyl (C=O) groups excluding carboxylic acids is 1. The second-order valence-corrected chi connectivity index (χ2v) is 5.06. The summed E-state index contributed by atoms with van der Waals surface area (Å²) in [4.78, 5) is 11.6. The molecule has 0 saturated carbocycles. The van der Waals surface area contributed by atoms with Gasteiger partial charge in [0.1, 0.15) is 0 Å². The molecule has 1 aromatic rings. The molecule has 0 aliphatic carbocycles. The number of nitrogens with one attached hydrogen (secondary N) is 1. The van der Waals surface area contributed by atoms with E-state index in [4.69, 9.17) is 0 Å². The number of rotatable bonds is 7. The molecule has 0 saturated heterocycles. The van der Waals surface area contributed by atoms with Crippen LogP contribution in [0.15, 0.2) is 24.3 Å². The van der Waals surface area contributed by atoms with Crippen molar-refractivity contribution in [2.24, 2.45) is 0 Å². The summed E-state index contributed by atoms with van der Waals surface area (Å²) < 4.78 is 0. The van der Waals surface area contributed by atoms with Crippen LogP contribution in [0.2, 0.25) is 0 Å². The molecule has 0 heterocycles. The number of hydrogen-bond acceptors (Lipinski definition) is 1. The van der Waals surface area contributed by atoms with Crippen LogP contribution < -0.4 is 5.32 Å². The first-order chi connectivity index (χ1) is 8.22.